The summed E-state index contributed by atoms with van der Waals surface area (Å²) in [6.07, 6.45) is 3.26. The number of aryl methyl sites for hydroxylation is 1. The Balaban J connectivity index is 1.47. The predicted molar refractivity (Wildman–Crippen MR) is 89.9 cm³/mol. The number of carbonyl (C=O) groups is 1. The molecule has 0 aliphatic heterocycles. The van der Waals surface area contributed by atoms with E-state index in [-0.39, 0.29) is 11.7 Å². The van der Waals surface area contributed by atoms with Crippen molar-refractivity contribution < 1.29 is 13.6 Å². The van der Waals surface area contributed by atoms with Gasteiger partial charge in [0, 0.05) is 24.1 Å². The van der Waals surface area contributed by atoms with Gasteiger partial charge in [0.2, 0.25) is 5.91 Å². The molecule has 4 nitrogen and oxygen atoms in total. The highest BCUT2D eigenvalue weighted by Crippen LogP contribution is 2.20. The summed E-state index contributed by atoms with van der Waals surface area (Å²) in [6, 6.07) is 15.4. The molecule has 1 aromatic heterocycles. The molecule has 0 radical (unpaired) electrons. The number of halogens is 1. The molecule has 2 aromatic carbocycles. The molecule has 3 aromatic rings. The van der Waals surface area contributed by atoms with E-state index in [1.165, 1.54) is 24.3 Å². The SMILES string of the molecule is O=C(CCCc1ncc(-c2ccccc2)o1)Nc1ccc(F)cc1. The smallest absolute Gasteiger partial charge is 0.224 e. The van der Waals surface area contributed by atoms with Crippen LogP contribution in [-0.4, -0.2) is 10.9 Å². The number of nitrogens with zero attached hydrogens (tertiary/aromatic N) is 1. The van der Waals surface area contributed by atoms with Gasteiger partial charge < -0.3 is 9.73 Å². The third-order valence-electron chi connectivity index (χ3n) is 3.53. The van der Waals surface area contributed by atoms with Crippen LogP contribution in [0.4, 0.5) is 10.1 Å². The summed E-state index contributed by atoms with van der Waals surface area (Å²) in [5.74, 6) is 0.896. The Hall–Kier alpha value is -2.95. The van der Waals surface area contributed by atoms with Crippen LogP contribution in [0.1, 0.15) is 18.7 Å². The first kappa shape index (κ1) is 15.9. The van der Waals surface area contributed by atoms with E-state index in [0.29, 0.717) is 30.8 Å². The van der Waals surface area contributed by atoms with E-state index < -0.39 is 0 Å². The van der Waals surface area contributed by atoms with E-state index in [4.69, 9.17) is 4.42 Å². The van der Waals surface area contributed by atoms with Crippen LogP contribution in [0, 0.1) is 5.82 Å². The highest BCUT2D eigenvalue weighted by Gasteiger charge is 2.08. The molecule has 0 bridgehead atoms. The van der Waals surface area contributed by atoms with Crippen molar-refractivity contribution in [1.29, 1.82) is 0 Å². The molecule has 0 aliphatic rings. The molecular weight excluding hydrogens is 307 g/mol. The van der Waals surface area contributed by atoms with Crippen molar-refractivity contribution in [1.82, 2.24) is 4.98 Å². The number of hydrogen-bond acceptors (Lipinski definition) is 3. The van der Waals surface area contributed by atoms with Crippen LogP contribution in [0.5, 0.6) is 0 Å². The van der Waals surface area contributed by atoms with Gasteiger partial charge in [-0.25, -0.2) is 9.37 Å². The molecule has 24 heavy (non-hydrogen) atoms. The lowest BCUT2D eigenvalue weighted by molar-refractivity contribution is -0.116. The van der Waals surface area contributed by atoms with Gasteiger partial charge in [0.15, 0.2) is 11.7 Å². The van der Waals surface area contributed by atoms with Crippen LogP contribution in [-0.2, 0) is 11.2 Å². The van der Waals surface area contributed by atoms with E-state index in [9.17, 15) is 9.18 Å². The number of anilines is 1. The summed E-state index contributed by atoms with van der Waals surface area (Å²) in [6.45, 7) is 0. The van der Waals surface area contributed by atoms with Crippen molar-refractivity contribution in [2.75, 3.05) is 5.32 Å². The van der Waals surface area contributed by atoms with Crippen LogP contribution >= 0.6 is 0 Å². The van der Waals surface area contributed by atoms with Gasteiger partial charge in [0.1, 0.15) is 5.82 Å². The molecule has 0 aliphatic carbocycles. The minimum Gasteiger partial charge on any atom is -0.441 e. The Kier molecular flexibility index (Phi) is 5.01. The number of benzene rings is 2. The Morgan fingerprint density at radius 1 is 1.08 bits per heavy atom. The molecule has 1 amide bonds. The number of nitrogens with one attached hydrogen (secondary N) is 1. The van der Waals surface area contributed by atoms with Crippen LogP contribution in [0.25, 0.3) is 11.3 Å². The van der Waals surface area contributed by atoms with Gasteiger partial charge in [0.05, 0.1) is 6.20 Å². The highest BCUT2D eigenvalue weighted by molar-refractivity contribution is 5.90. The van der Waals surface area contributed by atoms with Crippen molar-refractivity contribution in [2.45, 2.75) is 19.3 Å². The summed E-state index contributed by atoms with van der Waals surface area (Å²) in [5, 5.41) is 2.73. The van der Waals surface area contributed by atoms with Crippen molar-refractivity contribution in [3.8, 4) is 11.3 Å². The molecule has 0 saturated heterocycles. The standard InChI is InChI=1S/C19H17FN2O2/c20-15-9-11-16(12-10-15)22-18(23)7-4-8-19-21-13-17(24-19)14-5-2-1-3-6-14/h1-3,5-6,9-13H,4,7-8H2,(H,22,23). The zero-order chi connectivity index (χ0) is 16.8. The molecule has 1 N–H and O–H groups in total. The maximum atomic E-state index is 12.8. The molecule has 1 heterocycles. The average molecular weight is 324 g/mol. The minimum atomic E-state index is -0.328. The first-order valence-corrected chi connectivity index (χ1v) is 7.76. The van der Waals surface area contributed by atoms with E-state index in [2.05, 4.69) is 10.3 Å². The summed E-state index contributed by atoms with van der Waals surface area (Å²) >= 11 is 0. The molecule has 122 valence electrons. The van der Waals surface area contributed by atoms with E-state index in [1.54, 1.807) is 6.20 Å². The fraction of sp³-hybridized carbons (Fsp3) is 0.158. The molecule has 3 rings (SSSR count). The largest absolute Gasteiger partial charge is 0.441 e. The minimum absolute atomic E-state index is 0.114. The third-order valence-corrected chi connectivity index (χ3v) is 3.53. The Labute approximate surface area is 139 Å². The molecule has 0 fully saturated rings. The van der Waals surface area contributed by atoms with Crippen LogP contribution in [0.15, 0.2) is 65.2 Å². The fourth-order valence-corrected chi connectivity index (χ4v) is 2.32. The van der Waals surface area contributed by atoms with Crippen molar-refractivity contribution >= 4 is 11.6 Å². The predicted octanol–water partition coefficient (Wildman–Crippen LogP) is 4.44. The van der Waals surface area contributed by atoms with Crippen molar-refractivity contribution in [2.24, 2.45) is 0 Å². The Bertz CT molecular complexity index is 798. The second-order valence-corrected chi connectivity index (χ2v) is 5.39. The topological polar surface area (TPSA) is 55.1 Å². The maximum Gasteiger partial charge on any atom is 0.224 e. The van der Waals surface area contributed by atoms with E-state index >= 15 is 0 Å². The zero-order valence-corrected chi connectivity index (χ0v) is 13.0. The second kappa shape index (κ2) is 7.55. The summed E-state index contributed by atoms with van der Waals surface area (Å²) in [7, 11) is 0. The summed E-state index contributed by atoms with van der Waals surface area (Å²) in [5.41, 5.74) is 1.56. The van der Waals surface area contributed by atoms with Gasteiger partial charge in [0.25, 0.3) is 0 Å². The van der Waals surface area contributed by atoms with Crippen LogP contribution < -0.4 is 5.32 Å². The normalized spacial score (nSPS) is 10.5. The molecule has 0 unspecified atom stereocenters. The number of rotatable bonds is 6. The molecule has 5 heteroatoms. The number of carbonyl (C=O) groups excluding carboxylic acids is 1. The number of amides is 1. The lowest BCUT2D eigenvalue weighted by Crippen LogP contribution is -2.11. The molecular formula is C19H17FN2O2. The van der Waals surface area contributed by atoms with Crippen molar-refractivity contribution in [3.63, 3.8) is 0 Å². The zero-order valence-electron chi connectivity index (χ0n) is 13.0. The second-order valence-electron chi connectivity index (χ2n) is 5.39. The number of oxazole rings is 1. The van der Waals surface area contributed by atoms with Gasteiger partial charge in [-0.15, -0.1) is 0 Å². The summed E-state index contributed by atoms with van der Waals surface area (Å²) < 4.78 is 18.5. The van der Waals surface area contributed by atoms with Crippen molar-refractivity contribution in [3.05, 3.63) is 72.5 Å². The third kappa shape index (κ3) is 4.29. The first-order chi connectivity index (χ1) is 11.7. The summed E-state index contributed by atoms with van der Waals surface area (Å²) in [4.78, 5) is 16.1. The maximum absolute atomic E-state index is 12.8. The van der Waals surface area contributed by atoms with Gasteiger partial charge in [-0.2, -0.15) is 0 Å². The van der Waals surface area contributed by atoms with E-state index in [0.717, 1.165) is 11.3 Å². The molecule has 0 spiro atoms. The lowest BCUT2D eigenvalue weighted by Gasteiger charge is -2.04. The number of aromatic nitrogens is 1. The van der Waals surface area contributed by atoms with Gasteiger partial charge in [-0.05, 0) is 30.7 Å². The average Bonchev–Trinajstić information content (AvgIpc) is 3.07. The van der Waals surface area contributed by atoms with Gasteiger partial charge in [-0.1, -0.05) is 30.3 Å². The molecule has 0 saturated carbocycles. The van der Waals surface area contributed by atoms with Crippen LogP contribution in [0.2, 0.25) is 0 Å². The fourth-order valence-electron chi connectivity index (χ4n) is 2.32. The molecule has 0 atom stereocenters. The first-order valence-electron chi connectivity index (χ1n) is 7.76. The van der Waals surface area contributed by atoms with Gasteiger partial charge >= 0.3 is 0 Å². The van der Waals surface area contributed by atoms with E-state index in [1.807, 2.05) is 30.3 Å². The Morgan fingerprint density at radius 3 is 2.58 bits per heavy atom. The lowest BCUT2D eigenvalue weighted by atomic mass is 10.2. The van der Waals surface area contributed by atoms with Gasteiger partial charge in [-0.3, -0.25) is 4.79 Å². The number of hydrogen-bond donors (Lipinski definition) is 1. The monoisotopic (exact) mass is 324 g/mol. The highest BCUT2D eigenvalue weighted by atomic mass is 19.1. The quantitative estimate of drug-likeness (QED) is 0.729. The van der Waals surface area contributed by atoms with Crippen LogP contribution in [0.3, 0.4) is 0 Å². The Morgan fingerprint density at radius 2 is 1.83 bits per heavy atom.